The lowest BCUT2D eigenvalue weighted by Gasteiger charge is -2.33. The van der Waals surface area contributed by atoms with Crippen LogP contribution in [0.1, 0.15) is 42.2 Å². The summed E-state index contributed by atoms with van der Waals surface area (Å²) in [4.78, 5) is 6.89. The summed E-state index contributed by atoms with van der Waals surface area (Å²) in [6.07, 6.45) is 5.57. The highest BCUT2D eigenvalue weighted by molar-refractivity contribution is 5.79. The molecule has 1 unspecified atom stereocenters. The van der Waals surface area contributed by atoms with Crippen LogP contribution in [0.25, 0.3) is 0 Å². The Balaban J connectivity index is 1.59. The van der Waals surface area contributed by atoms with E-state index in [0.717, 1.165) is 37.1 Å². The van der Waals surface area contributed by atoms with Crippen LogP contribution in [-0.2, 0) is 6.54 Å². The predicted octanol–water partition coefficient (Wildman–Crippen LogP) is 3.49. The second kappa shape index (κ2) is 10.2. The van der Waals surface area contributed by atoms with Crippen LogP contribution < -0.4 is 15.4 Å². The number of nitrogens with zero attached hydrogens (tertiary/aromatic N) is 2. The van der Waals surface area contributed by atoms with Gasteiger partial charge in [0.25, 0.3) is 0 Å². The van der Waals surface area contributed by atoms with Gasteiger partial charge in [-0.05, 0) is 68.2 Å². The van der Waals surface area contributed by atoms with E-state index in [0.29, 0.717) is 6.54 Å². The quantitative estimate of drug-likeness (QED) is 0.565. The van der Waals surface area contributed by atoms with Gasteiger partial charge in [0.15, 0.2) is 5.96 Å². The molecule has 2 heterocycles. The van der Waals surface area contributed by atoms with Crippen LogP contribution in [0.15, 0.2) is 46.0 Å². The first-order chi connectivity index (χ1) is 13.7. The Morgan fingerprint density at radius 3 is 2.71 bits per heavy atom. The lowest BCUT2D eigenvalue weighted by atomic mass is 10.1. The molecular formula is C22H32N4O2. The summed E-state index contributed by atoms with van der Waals surface area (Å²) in [5.41, 5.74) is 2.35. The first-order valence-electron chi connectivity index (χ1n) is 10.1. The Morgan fingerprint density at radius 2 is 2.04 bits per heavy atom. The van der Waals surface area contributed by atoms with Gasteiger partial charge in [0, 0.05) is 20.1 Å². The molecule has 1 saturated heterocycles. The van der Waals surface area contributed by atoms with Crippen LogP contribution in [-0.4, -0.2) is 44.7 Å². The number of methoxy groups -OCH3 is 1. The van der Waals surface area contributed by atoms with Crippen molar-refractivity contribution in [2.45, 2.75) is 38.8 Å². The molecule has 0 saturated carbocycles. The number of piperidine rings is 1. The van der Waals surface area contributed by atoms with Gasteiger partial charge in [-0.3, -0.25) is 9.89 Å². The standard InChI is InChI=1S/C22H32N4O2/c1-17-12-18(14-19(13-17)27-3)15-24-22(23-2)25-16-20(21-8-7-11-28-21)26-9-5-4-6-10-26/h7-8,11-14,20H,4-6,9-10,15-16H2,1-3H3,(H2,23,24,25). The summed E-state index contributed by atoms with van der Waals surface area (Å²) < 4.78 is 11.1. The lowest BCUT2D eigenvalue weighted by Crippen LogP contribution is -2.44. The number of nitrogens with one attached hydrogen (secondary N) is 2. The van der Waals surface area contributed by atoms with Gasteiger partial charge in [-0.25, -0.2) is 0 Å². The molecule has 0 aliphatic carbocycles. The SMILES string of the molecule is CN=C(NCc1cc(C)cc(OC)c1)NCC(c1ccco1)N1CCCCC1. The number of hydrogen-bond donors (Lipinski definition) is 2. The molecule has 2 N–H and O–H groups in total. The Bertz CT molecular complexity index is 752. The third-order valence-electron chi connectivity index (χ3n) is 5.20. The molecule has 1 aromatic carbocycles. The van der Waals surface area contributed by atoms with E-state index >= 15 is 0 Å². The van der Waals surface area contributed by atoms with Crippen molar-refractivity contribution in [3.8, 4) is 5.75 Å². The van der Waals surface area contributed by atoms with E-state index in [1.165, 1.54) is 30.4 Å². The Kier molecular flexibility index (Phi) is 7.37. The van der Waals surface area contributed by atoms with Crippen molar-refractivity contribution in [1.29, 1.82) is 0 Å². The third kappa shape index (κ3) is 5.52. The number of rotatable bonds is 7. The first-order valence-corrected chi connectivity index (χ1v) is 10.1. The molecule has 6 nitrogen and oxygen atoms in total. The molecule has 152 valence electrons. The molecule has 3 rings (SSSR count). The molecule has 1 aliphatic rings. The van der Waals surface area contributed by atoms with Gasteiger partial charge in [-0.1, -0.05) is 12.5 Å². The van der Waals surface area contributed by atoms with Gasteiger partial charge >= 0.3 is 0 Å². The summed E-state index contributed by atoms with van der Waals surface area (Å²) >= 11 is 0. The summed E-state index contributed by atoms with van der Waals surface area (Å²) in [7, 11) is 3.50. The molecule has 1 aliphatic heterocycles. The minimum Gasteiger partial charge on any atom is -0.497 e. The minimum absolute atomic E-state index is 0.216. The number of aliphatic imine (C=N–C) groups is 1. The zero-order valence-electron chi connectivity index (χ0n) is 17.2. The molecule has 0 amide bonds. The second-order valence-corrected chi connectivity index (χ2v) is 7.29. The van der Waals surface area contributed by atoms with Gasteiger partial charge in [0.2, 0.25) is 0 Å². The zero-order chi connectivity index (χ0) is 19.8. The van der Waals surface area contributed by atoms with Crippen molar-refractivity contribution in [3.63, 3.8) is 0 Å². The van der Waals surface area contributed by atoms with Crippen molar-refractivity contribution in [2.24, 2.45) is 4.99 Å². The van der Waals surface area contributed by atoms with E-state index < -0.39 is 0 Å². The molecule has 28 heavy (non-hydrogen) atoms. The maximum Gasteiger partial charge on any atom is 0.191 e. The van der Waals surface area contributed by atoms with E-state index in [1.807, 2.05) is 18.2 Å². The van der Waals surface area contributed by atoms with Gasteiger partial charge in [-0.2, -0.15) is 0 Å². The van der Waals surface area contributed by atoms with Gasteiger partial charge < -0.3 is 19.8 Å². The number of guanidine groups is 1. The predicted molar refractivity (Wildman–Crippen MR) is 113 cm³/mol. The fourth-order valence-electron chi connectivity index (χ4n) is 3.76. The summed E-state index contributed by atoms with van der Waals surface area (Å²) in [5.74, 6) is 2.67. The van der Waals surface area contributed by atoms with E-state index in [-0.39, 0.29) is 6.04 Å². The first kappa shape index (κ1) is 20.3. The monoisotopic (exact) mass is 384 g/mol. The van der Waals surface area contributed by atoms with Crippen molar-refractivity contribution >= 4 is 5.96 Å². The zero-order valence-corrected chi connectivity index (χ0v) is 17.2. The minimum atomic E-state index is 0.216. The Morgan fingerprint density at radius 1 is 1.21 bits per heavy atom. The van der Waals surface area contributed by atoms with Crippen molar-refractivity contribution < 1.29 is 9.15 Å². The highest BCUT2D eigenvalue weighted by atomic mass is 16.5. The maximum atomic E-state index is 5.73. The number of aryl methyl sites for hydroxylation is 1. The van der Waals surface area contributed by atoms with E-state index in [4.69, 9.17) is 9.15 Å². The molecule has 0 bridgehead atoms. The van der Waals surface area contributed by atoms with Crippen LogP contribution in [0.4, 0.5) is 0 Å². The van der Waals surface area contributed by atoms with Gasteiger partial charge in [-0.15, -0.1) is 0 Å². The molecule has 6 heteroatoms. The van der Waals surface area contributed by atoms with Crippen LogP contribution >= 0.6 is 0 Å². The number of furan rings is 1. The highest BCUT2D eigenvalue weighted by Gasteiger charge is 2.24. The van der Waals surface area contributed by atoms with Crippen LogP contribution in [0.3, 0.4) is 0 Å². The van der Waals surface area contributed by atoms with Crippen molar-refractivity contribution in [3.05, 3.63) is 53.5 Å². The molecule has 0 radical (unpaired) electrons. The van der Waals surface area contributed by atoms with Crippen molar-refractivity contribution in [1.82, 2.24) is 15.5 Å². The van der Waals surface area contributed by atoms with Crippen LogP contribution in [0.5, 0.6) is 5.75 Å². The van der Waals surface area contributed by atoms with Gasteiger partial charge in [0.05, 0.1) is 19.4 Å². The van der Waals surface area contributed by atoms with Crippen LogP contribution in [0.2, 0.25) is 0 Å². The topological polar surface area (TPSA) is 62.0 Å². The number of likely N-dealkylation sites (tertiary alicyclic amines) is 1. The number of benzene rings is 1. The molecule has 0 spiro atoms. The fourth-order valence-corrected chi connectivity index (χ4v) is 3.76. The smallest absolute Gasteiger partial charge is 0.191 e. The summed E-state index contributed by atoms with van der Waals surface area (Å²) in [6, 6.07) is 10.5. The Labute approximate surface area is 168 Å². The Hall–Kier alpha value is -2.47. The van der Waals surface area contributed by atoms with Crippen LogP contribution in [0, 0.1) is 6.92 Å². The number of hydrogen-bond acceptors (Lipinski definition) is 4. The number of ether oxygens (including phenoxy) is 1. The molecule has 1 fully saturated rings. The third-order valence-corrected chi connectivity index (χ3v) is 5.20. The maximum absolute atomic E-state index is 5.73. The summed E-state index contributed by atoms with van der Waals surface area (Å²) in [6.45, 7) is 5.74. The van der Waals surface area contributed by atoms with Crippen molar-refractivity contribution in [2.75, 3.05) is 33.8 Å². The normalized spacial score (nSPS) is 16.6. The average Bonchev–Trinajstić information content (AvgIpc) is 3.25. The second-order valence-electron chi connectivity index (χ2n) is 7.29. The molecule has 2 aromatic rings. The average molecular weight is 385 g/mol. The van der Waals surface area contributed by atoms with Gasteiger partial charge in [0.1, 0.15) is 11.5 Å². The van der Waals surface area contributed by atoms with E-state index in [1.54, 1.807) is 20.4 Å². The summed E-state index contributed by atoms with van der Waals surface area (Å²) in [5, 5.41) is 6.88. The van der Waals surface area contributed by atoms with E-state index in [9.17, 15) is 0 Å². The molecule has 1 atom stereocenters. The largest absolute Gasteiger partial charge is 0.497 e. The van der Waals surface area contributed by atoms with E-state index in [2.05, 4.69) is 39.6 Å². The fraction of sp³-hybridized carbons (Fsp3) is 0.500. The molecule has 1 aromatic heterocycles. The lowest BCUT2D eigenvalue weighted by molar-refractivity contribution is 0.146. The molecular weight excluding hydrogens is 352 g/mol. The highest BCUT2D eigenvalue weighted by Crippen LogP contribution is 2.24.